The summed E-state index contributed by atoms with van der Waals surface area (Å²) in [6.07, 6.45) is 1.97. The zero-order chi connectivity index (χ0) is 13.0. The number of rotatable bonds is 4. The van der Waals surface area contributed by atoms with Gasteiger partial charge in [0.25, 0.3) is 0 Å². The maximum Gasteiger partial charge on any atom is 0.237 e. The zero-order valence-electron chi connectivity index (χ0n) is 10.7. The summed E-state index contributed by atoms with van der Waals surface area (Å²) in [5.41, 5.74) is 0.965. The molecule has 0 radical (unpaired) electrons. The third kappa shape index (κ3) is 4.27. The van der Waals surface area contributed by atoms with Crippen molar-refractivity contribution in [2.45, 2.75) is 25.4 Å². The molecule has 0 bridgehead atoms. The summed E-state index contributed by atoms with van der Waals surface area (Å²) in [7, 11) is 1.58. The topological polar surface area (TPSA) is 50.4 Å². The average molecular weight is 305 g/mol. The molecule has 0 spiro atoms. The van der Waals surface area contributed by atoms with Crippen LogP contribution in [0.25, 0.3) is 0 Å². The molecule has 4 nitrogen and oxygen atoms in total. The first-order valence-electron chi connectivity index (χ1n) is 6.04. The lowest BCUT2D eigenvalue weighted by Gasteiger charge is -2.11. The van der Waals surface area contributed by atoms with Gasteiger partial charge in [-0.2, -0.15) is 0 Å². The van der Waals surface area contributed by atoms with Gasteiger partial charge in [-0.05, 0) is 37.1 Å². The number of benzene rings is 1. The molecule has 1 unspecified atom stereocenters. The highest BCUT2D eigenvalue weighted by atomic mass is 35.5. The van der Waals surface area contributed by atoms with Crippen molar-refractivity contribution < 1.29 is 9.53 Å². The molecule has 0 aromatic heterocycles. The van der Waals surface area contributed by atoms with Crippen LogP contribution in [0.5, 0.6) is 5.75 Å². The molecule has 2 rings (SSSR count). The first kappa shape index (κ1) is 16.1. The predicted octanol–water partition coefficient (Wildman–Crippen LogP) is 2.14. The second-order valence-corrected chi connectivity index (χ2v) is 4.74. The molecular formula is C13H18Cl2N2O2. The Morgan fingerprint density at radius 3 is 2.95 bits per heavy atom. The number of ether oxygens (including phenoxy) is 1. The van der Waals surface area contributed by atoms with Crippen molar-refractivity contribution in [1.82, 2.24) is 10.6 Å². The molecule has 1 aromatic rings. The number of carbonyl (C=O) groups is 1. The van der Waals surface area contributed by atoms with Crippen LogP contribution < -0.4 is 15.4 Å². The summed E-state index contributed by atoms with van der Waals surface area (Å²) in [6.45, 7) is 1.41. The van der Waals surface area contributed by atoms with Gasteiger partial charge in [-0.1, -0.05) is 17.7 Å². The summed E-state index contributed by atoms with van der Waals surface area (Å²) < 4.78 is 5.08. The zero-order valence-corrected chi connectivity index (χ0v) is 12.3. The van der Waals surface area contributed by atoms with Crippen molar-refractivity contribution in [3.63, 3.8) is 0 Å². The Hall–Kier alpha value is -0.970. The Labute approximate surface area is 124 Å². The smallest absolute Gasteiger partial charge is 0.237 e. The van der Waals surface area contributed by atoms with Gasteiger partial charge in [0.1, 0.15) is 5.75 Å². The first-order chi connectivity index (χ1) is 8.70. The Bertz CT molecular complexity index is 435. The van der Waals surface area contributed by atoms with Crippen LogP contribution in [0.3, 0.4) is 0 Å². The highest BCUT2D eigenvalue weighted by molar-refractivity contribution is 6.32. The SMILES string of the molecule is COc1ccc(CNC(=O)C2CCCN2)cc1Cl.Cl. The maximum absolute atomic E-state index is 11.8. The van der Waals surface area contributed by atoms with E-state index in [0.717, 1.165) is 24.9 Å². The molecule has 2 N–H and O–H groups in total. The monoisotopic (exact) mass is 304 g/mol. The summed E-state index contributed by atoms with van der Waals surface area (Å²) in [4.78, 5) is 11.8. The van der Waals surface area contributed by atoms with E-state index < -0.39 is 0 Å². The number of hydrogen-bond donors (Lipinski definition) is 2. The Morgan fingerprint density at radius 1 is 1.58 bits per heavy atom. The molecule has 0 saturated carbocycles. The Morgan fingerprint density at radius 2 is 2.37 bits per heavy atom. The van der Waals surface area contributed by atoms with E-state index >= 15 is 0 Å². The van der Waals surface area contributed by atoms with Crippen molar-refractivity contribution in [1.29, 1.82) is 0 Å². The molecule has 1 aliphatic rings. The molecular weight excluding hydrogens is 287 g/mol. The van der Waals surface area contributed by atoms with E-state index in [1.807, 2.05) is 12.1 Å². The number of nitrogens with one attached hydrogen (secondary N) is 2. The van der Waals surface area contributed by atoms with Crippen molar-refractivity contribution >= 4 is 29.9 Å². The maximum atomic E-state index is 11.8. The molecule has 1 aliphatic heterocycles. The van der Waals surface area contributed by atoms with Crippen LogP contribution in [0.2, 0.25) is 5.02 Å². The van der Waals surface area contributed by atoms with Crippen LogP contribution in [-0.4, -0.2) is 25.6 Å². The summed E-state index contributed by atoms with van der Waals surface area (Å²) in [6, 6.07) is 5.46. The van der Waals surface area contributed by atoms with Crippen LogP contribution in [0.4, 0.5) is 0 Å². The third-order valence-electron chi connectivity index (χ3n) is 3.06. The van der Waals surface area contributed by atoms with Crippen molar-refractivity contribution in [3.8, 4) is 5.75 Å². The van der Waals surface area contributed by atoms with E-state index in [-0.39, 0.29) is 24.4 Å². The first-order valence-corrected chi connectivity index (χ1v) is 6.42. The van der Waals surface area contributed by atoms with Gasteiger partial charge in [-0.25, -0.2) is 0 Å². The van der Waals surface area contributed by atoms with Crippen LogP contribution >= 0.6 is 24.0 Å². The summed E-state index contributed by atoms with van der Waals surface area (Å²) >= 11 is 6.02. The molecule has 1 amide bonds. The highest BCUT2D eigenvalue weighted by Gasteiger charge is 2.21. The van der Waals surface area contributed by atoms with Crippen molar-refractivity contribution in [2.24, 2.45) is 0 Å². The van der Waals surface area contributed by atoms with Crippen LogP contribution in [0.15, 0.2) is 18.2 Å². The lowest BCUT2D eigenvalue weighted by molar-refractivity contribution is -0.122. The van der Waals surface area contributed by atoms with Gasteiger partial charge in [0, 0.05) is 6.54 Å². The quantitative estimate of drug-likeness (QED) is 0.896. The van der Waals surface area contributed by atoms with E-state index in [9.17, 15) is 4.79 Å². The van der Waals surface area contributed by atoms with Crippen LogP contribution in [0, 0.1) is 0 Å². The van der Waals surface area contributed by atoms with Crippen LogP contribution in [-0.2, 0) is 11.3 Å². The highest BCUT2D eigenvalue weighted by Crippen LogP contribution is 2.24. The molecule has 1 atom stereocenters. The fraction of sp³-hybridized carbons (Fsp3) is 0.462. The largest absolute Gasteiger partial charge is 0.495 e. The second kappa shape index (κ2) is 7.58. The minimum Gasteiger partial charge on any atom is -0.495 e. The second-order valence-electron chi connectivity index (χ2n) is 4.34. The number of hydrogen-bond acceptors (Lipinski definition) is 3. The number of carbonyl (C=O) groups excluding carboxylic acids is 1. The van der Waals surface area contributed by atoms with Gasteiger partial charge in [-0.15, -0.1) is 12.4 Å². The van der Waals surface area contributed by atoms with Gasteiger partial charge in [-0.3, -0.25) is 4.79 Å². The van der Waals surface area contributed by atoms with E-state index in [0.29, 0.717) is 17.3 Å². The van der Waals surface area contributed by atoms with Gasteiger partial charge >= 0.3 is 0 Å². The van der Waals surface area contributed by atoms with E-state index in [4.69, 9.17) is 16.3 Å². The fourth-order valence-corrected chi connectivity index (χ4v) is 2.32. The van der Waals surface area contributed by atoms with Crippen molar-refractivity contribution in [2.75, 3.05) is 13.7 Å². The molecule has 106 valence electrons. The third-order valence-corrected chi connectivity index (χ3v) is 3.36. The normalized spacial score (nSPS) is 17.7. The molecule has 6 heteroatoms. The molecule has 1 aromatic carbocycles. The number of methoxy groups -OCH3 is 1. The predicted molar refractivity (Wildman–Crippen MR) is 78.1 cm³/mol. The molecule has 0 aliphatic carbocycles. The minimum atomic E-state index is -0.0429. The summed E-state index contributed by atoms with van der Waals surface area (Å²) in [5.74, 6) is 0.698. The lowest BCUT2D eigenvalue weighted by atomic mass is 10.2. The molecule has 1 heterocycles. The number of amides is 1. The Kier molecular flexibility index (Phi) is 6.42. The minimum absolute atomic E-state index is 0. The van der Waals surface area contributed by atoms with Gasteiger partial charge in [0.2, 0.25) is 5.91 Å². The van der Waals surface area contributed by atoms with E-state index in [1.54, 1.807) is 13.2 Å². The average Bonchev–Trinajstić information content (AvgIpc) is 2.90. The molecule has 1 saturated heterocycles. The lowest BCUT2D eigenvalue weighted by Crippen LogP contribution is -2.39. The van der Waals surface area contributed by atoms with Gasteiger partial charge < -0.3 is 15.4 Å². The van der Waals surface area contributed by atoms with Gasteiger partial charge in [0.05, 0.1) is 18.2 Å². The Balaban J connectivity index is 0.00000180. The van der Waals surface area contributed by atoms with Gasteiger partial charge in [0.15, 0.2) is 0 Å². The molecule has 19 heavy (non-hydrogen) atoms. The van der Waals surface area contributed by atoms with Crippen molar-refractivity contribution in [3.05, 3.63) is 28.8 Å². The number of halogens is 2. The van der Waals surface area contributed by atoms with E-state index in [2.05, 4.69) is 10.6 Å². The van der Waals surface area contributed by atoms with E-state index in [1.165, 1.54) is 0 Å². The summed E-state index contributed by atoms with van der Waals surface area (Å²) in [5, 5.41) is 6.63. The standard InChI is InChI=1S/C13H17ClN2O2.ClH/c1-18-12-5-4-9(7-10(12)14)8-16-13(17)11-3-2-6-15-11;/h4-5,7,11,15H,2-3,6,8H2,1H3,(H,16,17);1H. The van der Waals surface area contributed by atoms with Crippen LogP contribution in [0.1, 0.15) is 18.4 Å². The molecule has 1 fully saturated rings. The fourth-order valence-electron chi connectivity index (χ4n) is 2.04.